The molecular weight excluding hydrogens is 348 g/mol. The molecule has 0 N–H and O–H groups in total. The minimum absolute atomic E-state index is 0.0431. The Labute approximate surface area is 157 Å². The van der Waals surface area contributed by atoms with Crippen LogP contribution in [0.1, 0.15) is 56.1 Å². The lowest BCUT2D eigenvalue weighted by Gasteiger charge is -2.32. The van der Waals surface area contributed by atoms with Crippen LogP contribution >= 0.6 is 22.7 Å². The van der Waals surface area contributed by atoms with Gasteiger partial charge in [0.2, 0.25) is 0 Å². The molecular formula is C21H24O2S2. The second-order valence-electron chi connectivity index (χ2n) is 8.41. The van der Waals surface area contributed by atoms with Gasteiger partial charge in [-0.25, -0.2) is 0 Å². The molecule has 0 amide bonds. The van der Waals surface area contributed by atoms with Gasteiger partial charge >= 0.3 is 0 Å². The van der Waals surface area contributed by atoms with Crippen molar-refractivity contribution in [2.45, 2.75) is 41.5 Å². The zero-order chi connectivity index (χ0) is 18.4. The third-order valence-electron chi connectivity index (χ3n) is 3.96. The van der Waals surface area contributed by atoms with Crippen LogP contribution in [0.4, 0.5) is 0 Å². The monoisotopic (exact) mass is 372 g/mol. The van der Waals surface area contributed by atoms with Gasteiger partial charge in [-0.2, -0.15) is 0 Å². The number of allylic oxidation sites excluding steroid dienone is 5. The summed E-state index contributed by atoms with van der Waals surface area (Å²) in [5, 5.41) is 0. The summed E-state index contributed by atoms with van der Waals surface area (Å²) in [5.41, 5.74) is 1.07. The summed E-state index contributed by atoms with van der Waals surface area (Å²) >= 11 is 3.27. The van der Waals surface area contributed by atoms with Gasteiger partial charge in [-0.05, 0) is 35.9 Å². The number of carbonyl (C=O) groups is 1. The van der Waals surface area contributed by atoms with Crippen molar-refractivity contribution in [3.8, 4) is 0 Å². The SMILES string of the molecule is CC(C)(C)C1=CC(=Cc2cc3sc(C=O)cc3s2)C=C(C(C)(C)C)O1. The van der Waals surface area contributed by atoms with E-state index in [1.165, 1.54) is 14.3 Å². The van der Waals surface area contributed by atoms with E-state index in [0.29, 0.717) is 0 Å². The van der Waals surface area contributed by atoms with Crippen LogP contribution in [-0.2, 0) is 4.74 Å². The Morgan fingerprint density at radius 2 is 1.32 bits per heavy atom. The highest BCUT2D eigenvalue weighted by Crippen LogP contribution is 2.40. The van der Waals surface area contributed by atoms with Crippen molar-refractivity contribution in [2.24, 2.45) is 10.8 Å². The minimum atomic E-state index is -0.0431. The van der Waals surface area contributed by atoms with E-state index in [9.17, 15) is 4.79 Å². The Morgan fingerprint density at radius 3 is 1.80 bits per heavy atom. The summed E-state index contributed by atoms with van der Waals surface area (Å²) < 4.78 is 8.55. The fraction of sp³-hybridized carbons (Fsp3) is 0.381. The molecule has 0 spiro atoms. The average Bonchev–Trinajstić information content (AvgIpc) is 3.02. The van der Waals surface area contributed by atoms with Crippen molar-refractivity contribution < 1.29 is 9.53 Å². The van der Waals surface area contributed by atoms with E-state index in [1.54, 1.807) is 22.7 Å². The lowest BCUT2D eigenvalue weighted by molar-refractivity contribution is 0.112. The molecule has 25 heavy (non-hydrogen) atoms. The van der Waals surface area contributed by atoms with E-state index in [4.69, 9.17) is 4.74 Å². The standard InChI is InChI=1S/C21H24O2S2/c1-20(2,3)18-8-13(9-19(23-18)21(4,5)6)7-14-10-16-17(24-14)11-15(12-22)25-16/h7-12H,1-6H3. The number of ether oxygens (including phenoxy) is 1. The summed E-state index contributed by atoms with van der Waals surface area (Å²) in [6.07, 6.45) is 7.41. The van der Waals surface area contributed by atoms with E-state index in [0.717, 1.165) is 28.3 Å². The lowest BCUT2D eigenvalue weighted by Crippen LogP contribution is -2.21. The van der Waals surface area contributed by atoms with E-state index < -0.39 is 0 Å². The summed E-state index contributed by atoms with van der Waals surface area (Å²) in [6, 6.07) is 4.13. The van der Waals surface area contributed by atoms with Gasteiger partial charge in [0.25, 0.3) is 0 Å². The molecule has 0 saturated heterocycles. The summed E-state index contributed by atoms with van der Waals surface area (Å²) in [5.74, 6) is 1.99. The van der Waals surface area contributed by atoms with Gasteiger partial charge in [0.05, 0.1) is 4.88 Å². The Hall–Kier alpha value is -1.65. The molecule has 0 atom stereocenters. The van der Waals surface area contributed by atoms with Gasteiger partial charge in [-0.3, -0.25) is 4.79 Å². The molecule has 1 aliphatic heterocycles. The molecule has 0 fully saturated rings. The molecule has 0 unspecified atom stereocenters. The minimum Gasteiger partial charge on any atom is -0.465 e. The maximum Gasteiger partial charge on any atom is 0.160 e. The molecule has 0 aliphatic carbocycles. The smallest absolute Gasteiger partial charge is 0.160 e. The Bertz CT molecular complexity index is 842. The van der Waals surface area contributed by atoms with Crippen LogP contribution in [0.5, 0.6) is 0 Å². The highest BCUT2D eigenvalue weighted by Gasteiger charge is 2.28. The van der Waals surface area contributed by atoms with Crippen molar-refractivity contribution in [1.29, 1.82) is 0 Å². The Balaban J connectivity index is 2.03. The predicted octanol–water partition coefficient (Wildman–Crippen LogP) is 7.05. The highest BCUT2D eigenvalue weighted by molar-refractivity contribution is 7.28. The first-order valence-corrected chi connectivity index (χ1v) is 10.0. The van der Waals surface area contributed by atoms with Crippen molar-refractivity contribution in [3.05, 3.63) is 51.1 Å². The zero-order valence-corrected chi connectivity index (χ0v) is 17.2. The normalized spacial score (nSPS) is 15.7. The van der Waals surface area contributed by atoms with Crippen LogP contribution in [0, 0.1) is 10.8 Å². The number of aldehydes is 1. The van der Waals surface area contributed by atoms with Gasteiger partial charge in [0, 0.05) is 25.1 Å². The molecule has 132 valence electrons. The zero-order valence-electron chi connectivity index (χ0n) is 15.6. The highest BCUT2D eigenvalue weighted by atomic mass is 32.1. The van der Waals surface area contributed by atoms with Gasteiger partial charge in [-0.15, -0.1) is 22.7 Å². The molecule has 2 aromatic heterocycles. The van der Waals surface area contributed by atoms with Gasteiger partial charge in [-0.1, -0.05) is 41.5 Å². The number of hydrogen-bond acceptors (Lipinski definition) is 4. The van der Waals surface area contributed by atoms with Crippen molar-refractivity contribution in [2.75, 3.05) is 0 Å². The van der Waals surface area contributed by atoms with Crippen LogP contribution in [0.15, 0.2) is 41.4 Å². The summed E-state index contributed by atoms with van der Waals surface area (Å²) in [7, 11) is 0. The Morgan fingerprint density at radius 1 is 0.840 bits per heavy atom. The molecule has 3 rings (SSSR count). The predicted molar refractivity (Wildman–Crippen MR) is 109 cm³/mol. The summed E-state index contributed by atoms with van der Waals surface area (Å²) in [6.45, 7) is 13.0. The molecule has 2 aromatic rings. The average molecular weight is 373 g/mol. The number of rotatable bonds is 2. The third-order valence-corrected chi connectivity index (χ3v) is 6.13. The van der Waals surface area contributed by atoms with Crippen molar-refractivity contribution >= 4 is 44.4 Å². The molecule has 2 nitrogen and oxygen atoms in total. The number of hydrogen-bond donors (Lipinski definition) is 0. The van der Waals surface area contributed by atoms with E-state index in [-0.39, 0.29) is 10.8 Å². The fourth-order valence-corrected chi connectivity index (χ4v) is 4.71. The Kier molecular flexibility index (Phi) is 4.54. The number of fused-ring (bicyclic) bond motifs is 1. The van der Waals surface area contributed by atoms with Crippen LogP contribution in [-0.4, -0.2) is 6.29 Å². The van der Waals surface area contributed by atoms with E-state index in [2.05, 4.69) is 65.8 Å². The molecule has 0 bridgehead atoms. The lowest BCUT2D eigenvalue weighted by atomic mass is 9.87. The first-order chi connectivity index (χ1) is 11.6. The molecule has 4 heteroatoms. The van der Waals surface area contributed by atoms with Crippen LogP contribution in [0.25, 0.3) is 15.5 Å². The van der Waals surface area contributed by atoms with E-state index in [1.807, 2.05) is 6.07 Å². The quantitative estimate of drug-likeness (QED) is 0.528. The second kappa shape index (κ2) is 6.26. The summed E-state index contributed by atoms with van der Waals surface area (Å²) in [4.78, 5) is 12.9. The molecule has 0 aromatic carbocycles. The largest absolute Gasteiger partial charge is 0.465 e. The second-order valence-corrected chi connectivity index (χ2v) is 10.6. The van der Waals surface area contributed by atoms with Gasteiger partial charge < -0.3 is 4.74 Å². The topological polar surface area (TPSA) is 26.3 Å². The first kappa shape index (κ1) is 18.2. The number of thiophene rings is 2. The van der Waals surface area contributed by atoms with Gasteiger partial charge in [0.1, 0.15) is 11.5 Å². The van der Waals surface area contributed by atoms with Crippen molar-refractivity contribution in [1.82, 2.24) is 0 Å². The molecule has 0 saturated carbocycles. The number of carbonyl (C=O) groups excluding carboxylic acids is 1. The molecule has 1 aliphatic rings. The van der Waals surface area contributed by atoms with Crippen LogP contribution in [0.2, 0.25) is 0 Å². The van der Waals surface area contributed by atoms with Crippen LogP contribution in [0.3, 0.4) is 0 Å². The third kappa shape index (κ3) is 3.96. The first-order valence-electron chi connectivity index (χ1n) is 8.39. The van der Waals surface area contributed by atoms with Crippen LogP contribution < -0.4 is 0 Å². The van der Waals surface area contributed by atoms with Gasteiger partial charge in [0.15, 0.2) is 6.29 Å². The molecule has 3 heterocycles. The van der Waals surface area contributed by atoms with E-state index >= 15 is 0 Å². The fourth-order valence-electron chi connectivity index (χ4n) is 2.51. The maximum atomic E-state index is 10.9. The van der Waals surface area contributed by atoms with Crippen molar-refractivity contribution in [3.63, 3.8) is 0 Å². The maximum absolute atomic E-state index is 10.9. The molecule has 0 radical (unpaired) electrons.